The van der Waals surface area contributed by atoms with Gasteiger partial charge in [0.05, 0.1) is 30.3 Å². The van der Waals surface area contributed by atoms with Crippen LogP contribution in [0.5, 0.6) is 0 Å². The highest BCUT2D eigenvalue weighted by molar-refractivity contribution is 7.09. The molecule has 23 heavy (non-hydrogen) atoms. The molecule has 1 atom stereocenters. The zero-order chi connectivity index (χ0) is 16.2. The molecule has 2 aromatic rings. The summed E-state index contributed by atoms with van der Waals surface area (Å²) in [5, 5.41) is 10.1. The van der Waals surface area contributed by atoms with Crippen LogP contribution in [0.1, 0.15) is 41.8 Å². The maximum atomic E-state index is 12.4. The van der Waals surface area contributed by atoms with Gasteiger partial charge in [0.2, 0.25) is 5.91 Å². The second kappa shape index (κ2) is 7.18. The molecule has 0 unspecified atom stereocenters. The molecule has 1 aliphatic heterocycles. The predicted molar refractivity (Wildman–Crippen MR) is 86.2 cm³/mol. The molecule has 0 saturated carbocycles. The summed E-state index contributed by atoms with van der Waals surface area (Å²) in [6, 6.07) is 0. The number of aryl methyl sites for hydroxylation is 2. The Morgan fingerprint density at radius 3 is 3.13 bits per heavy atom. The van der Waals surface area contributed by atoms with E-state index in [9.17, 15) is 4.79 Å². The Labute approximate surface area is 139 Å². The molecule has 1 saturated heterocycles. The second-order valence-electron chi connectivity index (χ2n) is 5.62. The Morgan fingerprint density at radius 1 is 1.52 bits per heavy atom. The van der Waals surface area contributed by atoms with Crippen molar-refractivity contribution in [2.24, 2.45) is 0 Å². The van der Waals surface area contributed by atoms with Crippen LogP contribution in [0, 0.1) is 6.92 Å². The van der Waals surface area contributed by atoms with E-state index in [1.807, 2.05) is 17.2 Å². The smallest absolute Gasteiger partial charge is 0.228 e. The third-order valence-electron chi connectivity index (χ3n) is 3.74. The molecule has 0 aromatic carbocycles. The molecule has 0 bridgehead atoms. The third kappa shape index (κ3) is 3.94. The quantitative estimate of drug-likeness (QED) is 0.898. The number of hydrogen-bond acceptors (Lipinski definition) is 6. The van der Waals surface area contributed by atoms with E-state index >= 15 is 0 Å². The van der Waals surface area contributed by atoms with Gasteiger partial charge in [0.1, 0.15) is 11.9 Å². The molecule has 1 N–H and O–H groups in total. The fourth-order valence-electron chi connectivity index (χ4n) is 2.59. The molecular formula is C15H21N5O2S. The van der Waals surface area contributed by atoms with Crippen LogP contribution in [0.2, 0.25) is 0 Å². The molecule has 1 amide bonds. The van der Waals surface area contributed by atoms with Gasteiger partial charge < -0.3 is 9.64 Å². The van der Waals surface area contributed by atoms with Crippen LogP contribution in [0.15, 0.2) is 5.38 Å². The van der Waals surface area contributed by atoms with Gasteiger partial charge in [0.15, 0.2) is 5.82 Å². The van der Waals surface area contributed by atoms with E-state index < -0.39 is 0 Å². The fraction of sp³-hybridized carbons (Fsp3) is 0.600. The lowest BCUT2D eigenvalue weighted by Crippen LogP contribution is -2.43. The maximum absolute atomic E-state index is 12.4. The number of aromatic nitrogens is 4. The molecule has 0 aliphatic carbocycles. The largest absolute Gasteiger partial charge is 0.366 e. The number of thiazole rings is 1. The van der Waals surface area contributed by atoms with Gasteiger partial charge in [-0.3, -0.25) is 9.89 Å². The molecule has 124 valence electrons. The monoisotopic (exact) mass is 335 g/mol. The number of rotatable bonds is 5. The lowest BCUT2D eigenvalue weighted by molar-refractivity contribution is -0.138. The topological polar surface area (TPSA) is 84.0 Å². The summed E-state index contributed by atoms with van der Waals surface area (Å²) in [5.41, 5.74) is 0.837. The van der Waals surface area contributed by atoms with Crippen LogP contribution in [0.4, 0.5) is 0 Å². The number of nitrogens with one attached hydrogen (secondary N) is 1. The molecule has 1 fully saturated rings. The van der Waals surface area contributed by atoms with E-state index in [4.69, 9.17) is 4.74 Å². The fourth-order valence-corrected chi connectivity index (χ4v) is 3.20. The minimum atomic E-state index is -0.258. The first kappa shape index (κ1) is 16.1. The number of carbonyl (C=O) groups is 1. The standard InChI is InChI=1S/C15H21N5O2S/c1-3-4-13-17-15(19-18-13)12-8-20(5-6-22-12)14(21)7-11-9-23-10(2)16-11/h9,12H,3-8H2,1-2H3,(H,17,18,19)/t12-/m0/s1. The van der Waals surface area contributed by atoms with Crippen molar-refractivity contribution in [3.63, 3.8) is 0 Å². The van der Waals surface area contributed by atoms with Gasteiger partial charge in [-0.2, -0.15) is 5.10 Å². The summed E-state index contributed by atoms with van der Waals surface area (Å²) in [6.45, 7) is 5.64. The van der Waals surface area contributed by atoms with Crippen molar-refractivity contribution in [1.29, 1.82) is 0 Å². The van der Waals surface area contributed by atoms with Gasteiger partial charge in [-0.15, -0.1) is 11.3 Å². The van der Waals surface area contributed by atoms with Gasteiger partial charge in [0.25, 0.3) is 0 Å². The van der Waals surface area contributed by atoms with Crippen LogP contribution >= 0.6 is 11.3 Å². The van der Waals surface area contributed by atoms with E-state index in [1.165, 1.54) is 0 Å². The Balaban J connectivity index is 1.61. The summed E-state index contributed by atoms with van der Waals surface area (Å²) in [6.07, 6.45) is 1.96. The van der Waals surface area contributed by atoms with E-state index in [2.05, 4.69) is 27.1 Å². The highest BCUT2D eigenvalue weighted by Gasteiger charge is 2.28. The van der Waals surface area contributed by atoms with Crippen LogP contribution in [-0.2, 0) is 22.4 Å². The molecular weight excluding hydrogens is 314 g/mol. The number of nitrogens with zero attached hydrogens (tertiary/aromatic N) is 4. The van der Waals surface area contributed by atoms with E-state index in [1.54, 1.807) is 11.3 Å². The Morgan fingerprint density at radius 2 is 2.39 bits per heavy atom. The molecule has 0 radical (unpaired) electrons. The summed E-state index contributed by atoms with van der Waals surface area (Å²) in [7, 11) is 0. The number of amides is 1. The summed E-state index contributed by atoms with van der Waals surface area (Å²) in [5.74, 6) is 1.58. The minimum Gasteiger partial charge on any atom is -0.366 e. The van der Waals surface area contributed by atoms with Crippen molar-refractivity contribution < 1.29 is 9.53 Å². The van der Waals surface area contributed by atoms with Gasteiger partial charge in [-0.25, -0.2) is 9.97 Å². The summed E-state index contributed by atoms with van der Waals surface area (Å²) >= 11 is 1.57. The normalized spacial score (nSPS) is 18.3. The van der Waals surface area contributed by atoms with Crippen molar-refractivity contribution in [3.8, 4) is 0 Å². The average molecular weight is 335 g/mol. The maximum Gasteiger partial charge on any atom is 0.228 e. The Kier molecular flexibility index (Phi) is 5.02. The lowest BCUT2D eigenvalue weighted by atomic mass is 10.2. The second-order valence-corrected chi connectivity index (χ2v) is 6.69. The lowest BCUT2D eigenvalue weighted by Gasteiger charge is -2.31. The van der Waals surface area contributed by atoms with Gasteiger partial charge in [-0.1, -0.05) is 6.92 Å². The van der Waals surface area contributed by atoms with Crippen molar-refractivity contribution in [3.05, 3.63) is 27.7 Å². The molecule has 3 rings (SSSR count). The number of carbonyl (C=O) groups excluding carboxylic acids is 1. The van der Waals surface area contributed by atoms with Gasteiger partial charge in [-0.05, 0) is 13.3 Å². The van der Waals surface area contributed by atoms with Crippen LogP contribution in [0.25, 0.3) is 0 Å². The number of ether oxygens (including phenoxy) is 1. The Bertz CT molecular complexity index is 668. The summed E-state index contributed by atoms with van der Waals surface area (Å²) in [4.78, 5) is 23.1. The van der Waals surface area contributed by atoms with Crippen LogP contribution in [0.3, 0.4) is 0 Å². The number of morpholine rings is 1. The average Bonchev–Trinajstić information content (AvgIpc) is 3.17. The highest BCUT2D eigenvalue weighted by Crippen LogP contribution is 2.20. The first-order valence-electron chi connectivity index (χ1n) is 7.87. The van der Waals surface area contributed by atoms with Crippen LogP contribution < -0.4 is 0 Å². The molecule has 3 heterocycles. The Hall–Kier alpha value is -1.80. The first-order valence-corrected chi connectivity index (χ1v) is 8.75. The van der Waals surface area contributed by atoms with Crippen LogP contribution in [-0.4, -0.2) is 50.7 Å². The molecule has 0 spiro atoms. The van der Waals surface area contributed by atoms with Crippen molar-refractivity contribution in [2.45, 2.75) is 39.2 Å². The first-order chi connectivity index (χ1) is 11.2. The van der Waals surface area contributed by atoms with E-state index in [0.29, 0.717) is 31.9 Å². The van der Waals surface area contributed by atoms with E-state index in [-0.39, 0.29) is 12.0 Å². The zero-order valence-corrected chi connectivity index (χ0v) is 14.2. The van der Waals surface area contributed by atoms with E-state index in [0.717, 1.165) is 29.4 Å². The zero-order valence-electron chi connectivity index (χ0n) is 13.4. The van der Waals surface area contributed by atoms with Gasteiger partial charge >= 0.3 is 0 Å². The molecule has 2 aromatic heterocycles. The SMILES string of the molecule is CCCc1nc([C@@H]2CN(C(=O)Cc3csc(C)n3)CCO2)n[nH]1. The van der Waals surface area contributed by atoms with Crippen molar-refractivity contribution in [2.75, 3.05) is 19.7 Å². The number of hydrogen-bond donors (Lipinski definition) is 1. The predicted octanol–water partition coefficient (Wildman–Crippen LogP) is 1.66. The highest BCUT2D eigenvalue weighted by atomic mass is 32.1. The number of aromatic amines is 1. The molecule has 1 aliphatic rings. The number of H-pyrrole nitrogens is 1. The van der Waals surface area contributed by atoms with Crippen molar-refractivity contribution >= 4 is 17.2 Å². The minimum absolute atomic E-state index is 0.0768. The molecule has 7 nitrogen and oxygen atoms in total. The molecule has 8 heteroatoms. The summed E-state index contributed by atoms with van der Waals surface area (Å²) < 4.78 is 5.74. The van der Waals surface area contributed by atoms with Crippen molar-refractivity contribution in [1.82, 2.24) is 25.1 Å². The van der Waals surface area contributed by atoms with Gasteiger partial charge in [0, 0.05) is 18.3 Å². The third-order valence-corrected chi connectivity index (χ3v) is 4.56.